The fourth-order valence-electron chi connectivity index (χ4n) is 6.72. The van der Waals surface area contributed by atoms with Crippen LogP contribution in [-0.4, -0.2) is 4.57 Å². The average molecular weight is 554 g/mol. The topological polar surface area (TPSA) is 20.2 Å². The number of allylic oxidation sites excluding steroid dienone is 2. The summed E-state index contributed by atoms with van der Waals surface area (Å²) in [7, 11) is 0. The molecule has 7 aromatic rings. The van der Waals surface area contributed by atoms with Crippen LogP contribution >= 0.6 is 0 Å². The Morgan fingerprint density at radius 2 is 1.40 bits per heavy atom. The van der Waals surface area contributed by atoms with Crippen molar-refractivity contribution in [2.24, 2.45) is 0 Å². The second kappa shape index (κ2) is 10.1. The Morgan fingerprint density at radius 1 is 0.651 bits per heavy atom. The predicted molar refractivity (Wildman–Crippen MR) is 184 cm³/mol. The van der Waals surface area contributed by atoms with E-state index in [1.54, 1.807) is 0 Å². The van der Waals surface area contributed by atoms with E-state index >= 15 is 0 Å². The monoisotopic (exact) mass is 553 g/mol. The van der Waals surface area contributed by atoms with Gasteiger partial charge in [0, 0.05) is 49.9 Å². The van der Waals surface area contributed by atoms with Gasteiger partial charge in [-0.3, -0.25) is 0 Å². The number of nitrogens with zero attached hydrogens (tertiary/aromatic N) is 2. The molecule has 3 heteroatoms. The molecule has 8 rings (SSSR count). The quantitative estimate of drug-likeness (QED) is 0.198. The van der Waals surface area contributed by atoms with Crippen molar-refractivity contribution in [1.82, 2.24) is 4.57 Å². The minimum absolute atomic E-state index is 0.859. The highest BCUT2D eigenvalue weighted by Gasteiger charge is 2.26. The summed E-state index contributed by atoms with van der Waals surface area (Å²) in [5.41, 5.74) is 11.6. The Balaban J connectivity index is 1.27. The normalized spacial score (nSPS) is 12.0. The molecule has 0 fully saturated rings. The predicted octanol–water partition coefficient (Wildman–Crippen LogP) is 11.3. The maximum Gasteiger partial charge on any atom is 0.0543 e. The maximum atomic E-state index is 4.50. The summed E-state index contributed by atoms with van der Waals surface area (Å²) in [5, 5.41) is 8.70. The molecule has 0 bridgehead atoms. The van der Waals surface area contributed by atoms with Crippen molar-refractivity contribution in [3.63, 3.8) is 0 Å². The number of hydrogen-bond acceptors (Lipinski definition) is 2. The second-order valence-electron chi connectivity index (χ2n) is 11.2. The van der Waals surface area contributed by atoms with Gasteiger partial charge in [-0.1, -0.05) is 85.5 Å². The summed E-state index contributed by atoms with van der Waals surface area (Å²) in [6, 6.07) is 45.7. The summed E-state index contributed by atoms with van der Waals surface area (Å²) in [6.07, 6.45) is 3.72. The highest BCUT2D eigenvalue weighted by molar-refractivity contribution is 6.16. The number of aromatic nitrogens is 1. The number of hydrogen-bond donors (Lipinski definition) is 1. The Bertz CT molecular complexity index is 2200. The molecule has 6 aromatic carbocycles. The molecule has 3 nitrogen and oxygen atoms in total. The first-order chi connectivity index (χ1) is 21.2. The van der Waals surface area contributed by atoms with Crippen LogP contribution in [0.25, 0.3) is 49.4 Å². The van der Waals surface area contributed by atoms with Crippen molar-refractivity contribution in [3.8, 4) is 16.8 Å². The van der Waals surface area contributed by atoms with Crippen LogP contribution in [0.3, 0.4) is 0 Å². The lowest BCUT2D eigenvalue weighted by Gasteiger charge is -2.35. The van der Waals surface area contributed by atoms with Crippen LogP contribution < -0.4 is 10.2 Å². The smallest absolute Gasteiger partial charge is 0.0543 e. The summed E-state index contributed by atoms with van der Waals surface area (Å²) < 4.78 is 2.35. The van der Waals surface area contributed by atoms with Gasteiger partial charge < -0.3 is 14.8 Å². The van der Waals surface area contributed by atoms with E-state index in [-0.39, 0.29) is 0 Å². The molecular formula is C40H31N3. The van der Waals surface area contributed by atoms with Gasteiger partial charge in [0.05, 0.1) is 22.4 Å². The number of para-hydroxylation sites is 3. The van der Waals surface area contributed by atoms with Crippen LogP contribution in [0.2, 0.25) is 0 Å². The summed E-state index contributed by atoms with van der Waals surface area (Å²) in [6.45, 7) is 8.43. The number of nitrogens with one attached hydrogen (secondary N) is 1. The number of benzene rings is 6. The molecule has 43 heavy (non-hydrogen) atoms. The molecule has 1 aromatic heterocycles. The zero-order chi connectivity index (χ0) is 28.9. The van der Waals surface area contributed by atoms with E-state index in [2.05, 4.69) is 155 Å². The Labute approximate surface area is 251 Å². The minimum atomic E-state index is 0.859. The van der Waals surface area contributed by atoms with Gasteiger partial charge in [0.1, 0.15) is 0 Å². The first-order valence-electron chi connectivity index (χ1n) is 14.8. The Kier molecular flexibility index (Phi) is 5.90. The molecule has 0 saturated heterocycles. The largest absolute Gasteiger partial charge is 0.355 e. The Morgan fingerprint density at radius 3 is 2.28 bits per heavy atom. The molecule has 0 aliphatic carbocycles. The van der Waals surface area contributed by atoms with Crippen molar-refractivity contribution in [2.75, 3.05) is 10.2 Å². The zero-order valence-corrected chi connectivity index (χ0v) is 23.9. The third-order valence-corrected chi connectivity index (χ3v) is 8.61. The van der Waals surface area contributed by atoms with Crippen LogP contribution in [0.5, 0.6) is 0 Å². The van der Waals surface area contributed by atoms with E-state index in [9.17, 15) is 0 Å². The van der Waals surface area contributed by atoms with Crippen molar-refractivity contribution >= 4 is 55.3 Å². The molecule has 0 radical (unpaired) electrons. The van der Waals surface area contributed by atoms with Gasteiger partial charge in [-0.15, -0.1) is 6.58 Å². The van der Waals surface area contributed by atoms with Crippen molar-refractivity contribution < 1.29 is 0 Å². The van der Waals surface area contributed by atoms with Gasteiger partial charge in [-0.2, -0.15) is 0 Å². The van der Waals surface area contributed by atoms with Crippen LogP contribution in [0, 0.1) is 0 Å². The molecule has 0 saturated carbocycles. The first kappa shape index (κ1) is 25.2. The molecule has 0 atom stereocenters. The molecule has 2 heterocycles. The average Bonchev–Trinajstić information content (AvgIpc) is 3.39. The van der Waals surface area contributed by atoms with E-state index in [0.29, 0.717) is 0 Å². The SMILES string of the molecule is C=CCCC(=C)N1c2ccccc2-c2ccc(Nc3ccc4c(c3)c3ccccc3n4-c3ccccc3)c3cccc1c23. The van der Waals surface area contributed by atoms with Crippen LogP contribution in [-0.2, 0) is 0 Å². The van der Waals surface area contributed by atoms with E-state index in [0.717, 1.165) is 35.6 Å². The molecule has 1 N–H and O–H groups in total. The van der Waals surface area contributed by atoms with Crippen molar-refractivity contribution in [2.45, 2.75) is 12.8 Å². The van der Waals surface area contributed by atoms with Gasteiger partial charge in [-0.25, -0.2) is 0 Å². The van der Waals surface area contributed by atoms with Gasteiger partial charge >= 0.3 is 0 Å². The summed E-state index contributed by atoms with van der Waals surface area (Å²) in [5.74, 6) is 0. The van der Waals surface area contributed by atoms with E-state index in [1.807, 2.05) is 6.08 Å². The third-order valence-electron chi connectivity index (χ3n) is 8.61. The fourth-order valence-corrected chi connectivity index (χ4v) is 6.72. The molecule has 206 valence electrons. The number of anilines is 4. The van der Waals surface area contributed by atoms with Gasteiger partial charge in [-0.05, 0) is 73.0 Å². The first-order valence-corrected chi connectivity index (χ1v) is 14.8. The number of rotatable bonds is 7. The second-order valence-corrected chi connectivity index (χ2v) is 11.2. The zero-order valence-electron chi connectivity index (χ0n) is 23.9. The standard InChI is InChI=1S/C40H31N3/c1-3-4-13-27(2)42-36-19-10-8-16-30(36)32-23-24-35(33-18-12-21-39(42)40(32)33)41-28-22-25-38-34(26-28)31-17-9-11-20-37(31)43(38)29-14-6-5-7-15-29/h3,5-12,14-26,41H,1-2,4,13H2. The van der Waals surface area contributed by atoms with Gasteiger partial charge in [0.25, 0.3) is 0 Å². The van der Waals surface area contributed by atoms with Gasteiger partial charge in [0.15, 0.2) is 0 Å². The van der Waals surface area contributed by atoms with Crippen molar-refractivity contribution in [1.29, 1.82) is 0 Å². The molecule has 0 spiro atoms. The lowest BCUT2D eigenvalue weighted by Crippen LogP contribution is -2.19. The molecule has 1 aliphatic heterocycles. The minimum Gasteiger partial charge on any atom is -0.355 e. The Hall–Kier alpha value is -5.54. The van der Waals surface area contributed by atoms with Crippen LogP contribution in [0.4, 0.5) is 22.7 Å². The summed E-state index contributed by atoms with van der Waals surface area (Å²) in [4.78, 5) is 2.34. The lowest BCUT2D eigenvalue weighted by atomic mass is 9.90. The lowest BCUT2D eigenvalue weighted by molar-refractivity contribution is 0.941. The molecule has 1 aliphatic rings. The van der Waals surface area contributed by atoms with Crippen molar-refractivity contribution in [3.05, 3.63) is 152 Å². The van der Waals surface area contributed by atoms with Gasteiger partial charge in [0.2, 0.25) is 0 Å². The molecule has 0 amide bonds. The van der Waals surface area contributed by atoms with Crippen LogP contribution in [0.1, 0.15) is 12.8 Å². The summed E-state index contributed by atoms with van der Waals surface area (Å²) >= 11 is 0. The highest BCUT2D eigenvalue weighted by atomic mass is 15.2. The third kappa shape index (κ3) is 3.97. The van der Waals surface area contributed by atoms with Crippen LogP contribution in [0.15, 0.2) is 152 Å². The highest BCUT2D eigenvalue weighted by Crippen LogP contribution is 2.51. The number of fused-ring (bicyclic) bond motifs is 5. The maximum absolute atomic E-state index is 4.50. The fraction of sp³-hybridized carbons (Fsp3) is 0.0500. The van der Waals surface area contributed by atoms with E-state index in [4.69, 9.17) is 0 Å². The van der Waals surface area contributed by atoms with E-state index < -0.39 is 0 Å². The molecular weight excluding hydrogens is 522 g/mol. The molecule has 0 unspecified atom stereocenters. The van der Waals surface area contributed by atoms with E-state index in [1.165, 1.54) is 55.1 Å².